The zero-order valence-corrected chi connectivity index (χ0v) is 15.2. The average molecular weight is 368 g/mol. The van der Waals surface area contributed by atoms with E-state index in [1.807, 2.05) is 30.3 Å². The zero-order valence-electron chi connectivity index (χ0n) is 15.2. The molecule has 1 N–H and O–H groups in total. The summed E-state index contributed by atoms with van der Waals surface area (Å²) in [6.45, 7) is 3.69. The van der Waals surface area contributed by atoms with E-state index in [-0.39, 0.29) is 18.6 Å². The molecule has 0 saturated carbocycles. The van der Waals surface area contributed by atoms with E-state index in [1.165, 1.54) is 0 Å². The maximum absolute atomic E-state index is 12.5. The highest BCUT2D eigenvalue weighted by atomic mass is 16.5. The van der Waals surface area contributed by atoms with Crippen LogP contribution in [0.1, 0.15) is 22.0 Å². The fourth-order valence-corrected chi connectivity index (χ4v) is 3.05. The van der Waals surface area contributed by atoms with E-state index >= 15 is 0 Å². The molecule has 1 aliphatic rings. The van der Waals surface area contributed by atoms with E-state index < -0.39 is 0 Å². The normalized spacial score (nSPS) is 15.7. The SMILES string of the molecule is O=Cc1ccccc1OCC(=O)NC(CN1CCOCC1)c1ccccc1. The maximum atomic E-state index is 12.5. The van der Waals surface area contributed by atoms with Crippen molar-refractivity contribution in [3.8, 4) is 5.75 Å². The van der Waals surface area contributed by atoms with Crippen LogP contribution in [-0.2, 0) is 9.53 Å². The average Bonchev–Trinajstić information content (AvgIpc) is 2.73. The maximum Gasteiger partial charge on any atom is 0.258 e. The molecule has 142 valence electrons. The molecule has 0 spiro atoms. The van der Waals surface area contributed by atoms with Crippen LogP contribution in [0, 0.1) is 0 Å². The van der Waals surface area contributed by atoms with E-state index in [4.69, 9.17) is 9.47 Å². The van der Waals surface area contributed by atoms with E-state index in [9.17, 15) is 9.59 Å². The second-order valence-corrected chi connectivity index (χ2v) is 6.39. The molecule has 0 aliphatic carbocycles. The number of hydrogen-bond acceptors (Lipinski definition) is 5. The van der Waals surface area contributed by atoms with Crippen molar-refractivity contribution < 1.29 is 19.1 Å². The molecule has 1 atom stereocenters. The van der Waals surface area contributed by atoms with Crippen molar-refractivity contribution in [1.29, 1.82) is 0 Å². The largest absolute Gasteiger partial charge is 0.483 e. The number of nitrogens with zero attached hydrogens (tertiary/aromatic N) is 1. The minimum absolute atomic E-state index is 0.137. The van der Waals surface area contributed by atoms with Gasteiger partial charge in [-0.3, -0.25) is 14.5 Å². The minimum Gasteiger partial charge on any atom is -0.483 e. The van der Waals surface area contributed by atoms with Gasteiger partial charge in [-0.25, -0.2) is 0 Å². The molecule has 2 aromatic rings. The number of morpholine rings is 1. The van der Waals surface area contributed by atoms with Crippen LogP contribution in [0.5, 0.6) is 5.75 Å². The van der Waals surface area contributed by atoms with Crippen LogP contribution in [-0.4, -0.2) is 56.5 Å². The summed E-state index contributed by atoms with van der Waals surface area (Å²) >= 11 is 0. The number of carbonyl (C=O) groups is 2. The number of para-hydroxylation sites is 1. The quantitative estimate of drug-likeness (QED) is 0.723. The lowest BCUT2D eigenvalue weighted by Gasteiger charge is -2.31. The number of ether oxygens (including phenoxy) is 2. The third-order valence-corrected chi connectivity index (χ3v) is 4.49. The van der Waals surface area contributed by atoms with Crippen LogP contribution in [0.25, 0.3) is 0 Å². The van der Waals surface area contributed by atoms with Crippen LogP contribution in [0.15, 0.2) is 54.6 Å². The Morgan fingerprint density at radius 2 is 1.81 bits per heavy atom. The number of benzene rings is 2. The first-order valence-electron chi connectivity index (χ1n) is 9.07. The molecule has 0 bridgehead atoms. The Morgan fingerprint density at radius 3 is 2.56 bits per heavy atom. The van der Waals surface area contributed by atoms with Gasteiger partial charge in [-0.15, -0.1) is 0 Å². The molecule has 6 heteroatoms. The lowest BCUT2D eigenvalue weighted by atomic mass is 10.1. The molecule has 27 heavy (non-hydrogen) atoms. The van der Waals surface area contributed by atoms with Crippen molar-refractivity contribution in [2.45, 2.75) is 6.04 Å². The summed E-state index contributed by atoms with van der Waals surface area (Å²) in [6.07, 6.45) is 0.721. The molecular weight excluding hydrogens is 344 g/mol. The van der Waals surface area contributed by atoms with Crippen molar-refractivity contribution in [2.24, 2.45) is 0 Å². The molecule has 1 saturated heterocycles. The van der Waals surface area contributed by atoms with Crippen LogP contribution in [0.4, 0.5) is 0 Å². The Morgan fingerprint density at radius 1 is 1.11 bits per heavy atom. The molecule has 1 amide bonds. The number of rotatable bonds is 8. The molecule has 1 fully saturated rings. The van der Waals surface area contributed by atoms with Gasteiger partial charge < -0.3 is 14.8 Å². The van der Waals surface area contributed by atoms with E-state index in [2.05, 4.69) is 10.2 Å². The van der Waals surface area contributed by atoms with Crippen molar-refractivity contribution in [2.75, 3.05) is 39.5 Å². The van der Waals surface area contributed by atoms with Crippen molar-refractivity contribution in [1.82, 2.24) is 10.2 Å². The molecule has 0 aromatic heterocycles. The highest BCUT2D eigenvalue weighted by Gasteiger charge is 2.20. The van der Waals surface area contributed by atoms with Gasteiger partial charge in [0.1, 0.15) is 5.75 Å². The summed E-state index contributed by atoms with van der Waals surface area (Å²) in [5.41, 5.74) is 1.48. The Labute approximate surface area is 159 Å². The highest BCUT2D eigenvalue weighted by Crippen LogP contribution is 2.17. The number of aldehydes is 1. The van der Waals surface area contributed by atoms with E-state index in [0.29, 0.717) is 31.1 Å². The number of hydrogen-bond donors (Lipinski definition) is 1. The summed E-state index contributed by atoms with van der Waals surface area (Å²) < 4.78 is 10.9. The van der Waals surface area contributed by atoms with Crippen molar-refractivity contribution >= 4 is 12.2 Å². The predicted molar refractivity (Wildman–Crippen MR) is 102 cm³/mol. The number of amides is 1. The Hall–Kier alpha value is -2.70. The van der Waals surface area contributed by atoms with Gasteiger partial charge >= 0.3 is 0 Å². The summed E-state index contributed by atoms with van der Waals surface area (Å²) in [5.74, 6) is 0.185. The van der Waals surface area contributed by atoms with Gasteiger partial charge in [0.05, 0.1) is 24.8 Å². The molecule has 2 aromatic carbocycles. The van der Waals surface area contributed by atoms with E-state index in [0.717, 1.165) is 24.9 Å². The number of carbonyl (C=O) groups excluding carboxylic acids is 2. The third kappa shape index (κ3) is 5.64. The van der Waals surface area contributed by atoms with Gasteiger partial charge in [0.15, 0.2) is 12.9 Å². The van der Waals surface area contributed by atoms with E-state index in [1.54, 1.807) is 24.3 Å². The predicted octanol–water partition coefficient (Wildman–Crippen LogP) is 2.07. The Balaban J connectivity index is 1.62. The van der Waals surface area contributed by atoms with Crippen LogP contribution >= 0.6 is 0 Å². The molecule has 1 aliphatic heterocycles. The Kier molecular flexibility index (Phi) is 6.96. The summed E-state index contributed by atoms with van der Waals surface area (Å²) in [7, 11) is 0. The standard InChI is InChI=1S/C21H24N2O4/c24-15-18-8-4-5-9-20(18)27-16-21(25)22-19(17-6-2-1-3-7-17)14-23-10-12-26-13-11-23/h1-9,15,19H,10-14,16H2,(H,22,25). The molecule has 0 radical (unpaired) electrons. The molecule has 3 rings (SSSR count). The van der Waals surface area contributed by atoms with Gasteiger partial charge in [0.25, 0.3) is 5.91 Å². The molecule has 1 heterocycles. The molecule has 1 unspecified atom stereocenters. The topological polar surface area (TPSA) is 67.9 Å². The van der Waals surface area contributed by atoms with Crippen molar-refractivity contribution in [3.05, 3.63) is 65.7 Å². The van der Waals surface area contributed by atoms with Gasteiger partial charge in [0.2, 0.25) is 0 Å². The zero-order chi connectivity index (χ0) is 18.9. The summed E-state index contributed by atoms with van der Waals surface area (Å²) in [5, 5.41) is 3.05. The first kappa shape index (κ1) is 19.1. The first-order chi connectivity index (χ1) is 13.3. The van der Waals surface area contributed by atoms with Gasteiger partial charge in [-0.2, -0.15) is 0 Å². The first-order valence-corrected chi connectivity index (χ1v) is 9.07. The van der Waals surface area contributed by atoms with Crippen LogP contribution in [0.2, 0.25) is 0 Å². The number of nitrogens with one attached hydrogen (secondary N) is 1. The minimum atomic E-state index is -0.224. The monoisotopic (exact) mass is 368 g/mol. The molecular formula is C21H24N2O4. The molecule has 6 nitrogen and oxygen atoms in total. The lowest BCUT2D eigenvalue weighted by Crippen LogP contribution is -2.44. The highest BCUT2D eigenvalue weighted by molar-refractivity contribution is 5.81. The fraction of sp³-hybridized carbons (Fsp3) is 0.333. The lowest BCUT2D eigenvalue weighted by molar-refractivity contribution is -0.124. The van der Waals surface area contributed by atoms with Gasteiger partial charge in [-0.05, 0) is 17.7 Å². The van der Waals surface area contributed by atoms with Crippen LogP contribution in [0.3, 0.4) is 0 Å². The second kappa shape index (κ2) is 9.85. The van der Waals surface area contributed by atoms with Gasteiger partial charge in [0, 0.05) is 19.6 Å². The Bertz CT molecular complexity index is 745. The second-order valence-electron chi connectivity index (χ2n) is 6.39. The smallest absolute Gasteiger partial charge is 0.258 e. The fourth-order valence-electron chi connectivity index (χ4n) is 3.05. The summed E-state index contributed by atoms with van der Waals surface area (Å²) in [6, 6.07) is 16.6. The van der Waals surface area contributed by atoms with Crippen LogP contribution < -0.4 is 10.1 Å². The third-order valence-electron chi connectivity index (χ3n) is 4.49. The summed E-state index contributed by atoms with van der Waals surface area (Å²) in [4.78, 5) is 25.8. The van der Waals surface area contributed by atoms with Crippen molar-refractivity contribution in [3.63, 3.8) is 0 Å². The van der Waals surface area contributed by atoms with Gasteiger partial charge in [-0.1, -0.05) is 42.5 Å².